The molecule has 0 unspecified atom stereocenters. The maximum atomic E-state index is 6.09. The monoisotopic (exact) mass is 392 g/mol. The van der Waals surface area contributed by atoms with E-state index in [9.17, 15) is 0 Å². The highest BCUT2D eigenvalue weighted by Gasteiger charge is 2.27. The molecular weight excluding hydrogens is 376 g/mol. The summed E-state index contributed by atoms with van der Waals surface area (Å²) in [6, 6.07) is 7.86. The number of rotatable bonds is 1. The van der Waals surface area contributed by atoms with E-state index < -0.39 is 0 Å². The van der Waals surface area contributed by atoms with Crippen molar-refractivity contribution in [3.8, 4) is 16.8 Å². The number of aryl methyl sites for hydroxylation is 1. The van der Waals surface area contributed by atoms with Gasteiger partial charge in [-0.2, -0.15) is 0 Å². The molecule has 1 aliphatic carbocycles. The summed E-state index contributed by atoms with van der Waals surface area (Å²) in [6.45, 7) is 4.63. The van der Waals surface area contributed by atoms with Crippen molar-refractivity contribution < 1.29 is 0 Å². The second-order valence-corrected chi connectivity index (χ2v) is 8.39. The normalized spacial score (nSPS) is 15.3. The van der Waals surface area contributed by atoms with E-state index in [1.165, 1.54) is 18.4 Å². The van der Waals surface area contributed by atoms with Crippen molar-refractivity contribution in [2.75, 3.05) is 0 Å². The Hall–Kier alpha value is -2.42. The van der Waals surface area contributed by atoms with Gasteiger partial charge in [-0.1, -0.05) is 35.6 Å². The van der Waals surface area contributed by atoms with Crippen LogP contribution in [0.15, 0.2) is 29.3 Å². The molecule has 27 heavy (non-hydrogen) atoms. The van der Waals surface area contributed by atoms with Crippen LogP contribution in [-0.4, -0.2) is 20.5 Å². The number of fused-ring (bicyclic) bond motifs is 3. The molecule has 0 atom stereocenters. The van der Waals surface area contributed by atoms with Gasteiger partial charge >= 0.3 is 0 Å². The summed E-state index contributed by atoms with van der Waals surface area (Å²) in [5, 5.41) is 10.4. The second kappa shape index (κ2) is 6.33. The minimum Gasteiger partial charge on any atom is -0.276 e. The van der Waals surface area contributed by atoms with E-state index in [1.807, 2.05) is 31.2 Å². The maximum Gasteiger partial charge on any atom is 0.160 e. The first-order chi connectivity index (χ1) is 13.1. The maximum absolute atomic E-state index is 6.09. The van der Waals surface area contributed by atoms with Crippen LogP contribution in [0.2, 0.25) is 5.02 Å². The van der Waals surface area contributed by atoms with Gasteiger partial charge in [0.05, 0.1) is 10.6 Å². The van der Waals surface area contributed by atoms with Crippen LogP contribution in [-0.2, 0) is 6.54 Å². The summed E-state index contributed by atoms with van der Waals surface area (Å²) in [4.78, 5) is 6.02. The second-order valence-electron chi connectivity index (χ2n) is 6.95. The zero-order valence-corrected chi connectivity index (χ0v) is 16.7. The molecule has 4 nitrogen and oxygen atoms in total. The highest BCUT2D eigenvalue weighted by atomic mass is 35.5. The Kier molecular flexibility index (Phi) is 3.92. The van der Waals surface area contributed by atoms with Gasteiger partial charge in [-0.15, -0.1) is 21.5 Å². The van der Waals surface area contributed by atoms with Crippen molar-refractivity contribution in [3.63, 3.8) is 0 Å². The van der Waals surface area contributed by atoms with Crippen molar-refractivity contribution in [2.24, 2.45) is 10.9 Å². The summed E-state index contributed by atoms with van der Waals surface area (Å²) in [7, 11) is 0. The fourth-order valence-corrected chi connectivity index (χ4v) is 4.66. The van der Waals surface area contributed by atoms with Crippen molar-refractivity contribution in [2.45, 2.75) is 33.2 Å². The number of hydrogen-bond acceptors (Lipinski definition) is 4. The van der Waals surface area contributed by atoms with Crippen LogP contribution in [0.4, 0.5) is 0 Å². The van der Waals surface area contributed by atoms with Crippen LogP contribution < -0.4 is 0 Å². The number of benzene rings is 1. The molecule has 0 spiro atoms. The molecule has 1 saturated carbocycles. The minimum absolute atomic E-state index is 0.503. The predicted octanol–water partition coefficient (Wildman–Crippen LogP) is 4.71. The van der Waals surface area contributed by atoms with Crippen LogP contribution >= 0.6 is 22.9 Å². The third-order valence-corrected chi connectivity index (χ3v) is 6.37. The number of aromatic nitrogens is 3. The van der Waals surface area contributed by atoms with E-state index in [2.05, 4.69) is 33.5 Å². The highest BCUT2D eigenvalue weighted by molar-refractivity contribution is 7.15. The standard InChI is InChI=1S/C21H17ClN4S/c1-12-17(10-5-14-3-4-14)27-21-19(12)20(15-6-8-16(22)9-7-15)23-11-18-25-24-13(2)26(18)21/h6-9,14H,3-4,11H2,1-2H3. The molecule has 2 aromatic heterocycles. The molecular formula is C21H17ClN4S. The van der Waals surface area contributed by atoms with Crippen LogP contribution in [0, 0.1) is 31.6 Å². The molecule has 0 bridgehead atoms. The van der Waals surface area contributed by atoms with Gasteiger partial charge in [0.1, 0.15) is 17.4 Å². The summed E-state index contributed by atoms with van der Waals surface area (Å²) >= 11 is 7.80. The van der Waals surface area contributed by atoms with Crippen LogP contribution in [0.5, 0.6) is 0 Å². The third-order valence-electron chi connectivity index (χ3n) is 4.92. The summed E-state index contributed by atoms with van der Waals surface area (Å²) < 4.78 is 2.13. The number of nitrogens with zero attached hydrogens (tertiary/aromatic N) is 4. The third kappa shape index (κ3) is 2.90. The van der Waals surface area contributed by atoms with Crippen molar-refractivity contribution >= 4 is 28.6 Å². The summed E-state index contributed by atoms with van der Waals surface area (Å²) in [5.74, 6) is 9.12. The van der Waals surface area contributed by atoms with Gasteiger partial charge in [-0.3, -0.25) is 9.56 Å². The first-order valence-corrected chi connectivity index (χ1v) is 10.2. The number of thiophene rings is 1. The van der Waals surface area contributed by atoms with Gasteiger partial charge in [0.25, 0.3) is 0 Å². The van der Waals surface area contributed by atoms with Crippen molar-refractivity contribution in [1.82, 2.24) is 14.8 Å². The average molecular weight is 393 g/mol. The first kappa shape index (κ1) is 16.7. The lowest BCUT2D eigenvalue weighted by Crippen LogP contribution is -2.07. The summed E-state index contributed by atoms with van der Waals surface area (Å²) in [5.41, 5.74) is 4.33. The van der Waals surface area contributed by atoms with Gasteiger partial charge in [-0.05, 0) is 44.4 Å². The van der Waals surface area contributed by atoms with Gasteiger partial charge in [0.15, 0.2) is 5.82 Å². The van der Waals surface area contributed by atoms with E-state index >= 15 is 0 Å². The number of halogens is 1. The number of aliphatic imine (C=N–C) groups is 1. The highest BCUT2D eigenvalue weighted by Crippen LogP contribution is 2.37. The fourth-order valence-electron chi connectivity index (χ4n) is 3.29. The first-order valence-electron chi connectivity index (χ1n) is 8.99. The van der Waals surface area contributed by atoms with E-state index in [1.54, 1.807) is 11.3 Å². The van der Waals surface area contributed by atoms with Crippen LogP contribution in [0.25, 0.3) is 5.00 Å². The van der Waals surface area contributed by atoms with Crippen LogP contribution in [0.1, 0.15) is 46.1 Å². The predicted molar refractivity (Wildman–Crippen MR) is 109 cm³/mol. The van der Waals surface area contributed by atoms with Gasteiger partial charge in [0.2, 0.25) is 0 Å². The van der Waals surface area contributed by atoms with E-state index in [-0.39, 0.29) is 0 Å². The molecule has 6 heteroatoms. The molecule has 3 heterocycles. The molecule has 3 aromatic rings. The van der Waals surface area contributed by atoms with E-state index in [4.69, 9.17) is 16.6 Å². The molecule has 1 fully saturated rings. The molecule has 0 amide bonds. The topological polar surface area (TPSA) is 43.1 Å². The van der Waals surface area contributed by atoms with E-state index in [0.717, 1.165) is 43.4 Å². The number of hydrogen-bond donors (Lipinski definition) is 0. The Labute approximate surface area is 166 Å². The Balaban J connectivity index is 1.74. The molecule has 0 saturated heterocycles. The Morgan fingerprint density at radius 1 is 1.15 bits per heavy atom. The summed E-state index contributed by atoms with van der Waals surface area (Å²) in [6.07, 6.45) is 2.45. The molecule has 1 aliphatic heterocycles. The zero-order valence-electron chi connectivity index (χ0n) is 15.1. The van der Waals surface area contributed by atoms with Crippen molar-refractivity contribution in [1.29, 1.82) is 0 Å². The minimum atomic E-state index is 0.503. The molecule has 0 N–H and O–H groups in total. The fraction of sp³-hybridized carbons (Fsp3) is 0.286. The Bertz CT molecular complexity index is 1140. The Morgan fingerprint density at radius 3 is 2.67 bits per heavy atom. The van der Waals surface area contributed by atoms with Gasteiger partial charge in [-0.25, -0.2) is 0 Å². The molecule has 0 radical (unpaired) electrons. The quantitative estimate of drug-likeness (QED) is 0.563. The largest absolute Gasteiger partial charge is 0.276 e. The molecule has 5 rings (SSSR count). The molecule has 134 valence electrons. The lowest BCUT2D eigenvalue weighted by Gasteiger charge is -2.09. The zero-order chi connectivity index (χ0) is 18.5. The SMILES string of the molecule is Cc1c(C#CC2CC2)sc2c1C(c1ccc(Cl)cc1)=NCc1nnc(C)n1-2. The van der Waals surface area contributed by atoms with E-state index in [0.29, 0.717) is 12.5 Å². The Morgan fingerprint density at radius 2 is 1.93 bits per heavy atom. The average Bonchev–Trinajstić information content (AvgIpc) is 3.38. The molecule has 2 aliphatic rings. The van der Waals surface area contributed by atoms with Crippen molar-refractivity contribution in [3.05, 3.63) is 62.5 Å². The smallest absolute Gasteiger partial charge is 0.160 e. The van der Waals surface area contributed by atoms with Gasteiger partial charge in [0, 0.05) is 22.1 Å². The van der Waals surface area contributed by atoms with Gasteiger partial charge < -0.3 is 0 Å². The van der Waals surface area contributed by atoms with Crippen LogP contribution in [0.3, 0.4) is 0 Å². The lowest BCUT2D eigenvalue weighted by molar-refractivity contribution is 0.869. The lowest BCUT2D eigenvalue weighted by atomic mass is 10.00. The molecule has 1 aromatic carbocycles.